The van der Waals surface area contributed by atoms with Gasteiger partial charge in [0.1, 0.15) is 0 Å². The second-order valence-corrected chi connectivity index (χ2v) is 2.37. The van der Waals surface area contributed by atoms with E-state index in [9.17, 15) is 0 Å². The monoisotopic (exact) mass is 157 g/mol. The maximum Gasteiger partial charge on any atom is 0.0575 e. The maximum absolute atomic E-state index is 4.01. The highest BCUT2D eigenvalue weighted by Gasteiger charge is 1.94. The van der Waals surface area contributed by atoms with Crippen molar-refractivity contribution >= 4 is 0 Å². The highest BCUT2D eigenvalue weighted by atomic mass is 15.1. The predicted octanol–water partition coefficient (Wildman–Crippen LogP) is 1.54. The Morgan fingerprint density at radius 2 is 1.75 bits per heavy atom. The second kappa shape index (κ2) is 3.09. The lowest BCUT2D eigenvalue weighted by molar-refractivity contribution is 1.03. The molecule has 2 aromatic heterocycles. The fourth-order valence-corrected chi connectivity index (χ4v) is 0.995. The van der Waals surface area contributed by atoms with Crippen molar-refractivity contribution in [2.24, 2.45) is 0 Å². The van der Waals surface area contributed by atoms with Crippen molar-refractivity contribution in [2.45, 2.75) is 0 Å². The van der Waals surface area contributed by atoms with Crippen LogP contribution in [0.5, 0.6) is 0 Å². The summed E-state index contributed by atoms with van der Waals surface area (Å²) in [7, 11) is 0. The summed E-state index contributed by atoms with van der Waals surface area (Å²) in [6, 6.07) is 5.80. The van der Waals surface area contributed by atoms with Crippen LogP contribution in [-0.4, -0.2) is 15.2 Å². The van der Waals surface area contributed by atoms with Gasteiger partial charge in [0.25, 0.3) is 0 Å². The molecule has 0 aromatic carbocycles. The summed E-state index contributed by atoms with van der Waals surface area (Å²) in [6.45, 7) is 0. The topological polar surface area (TPSA) is 38.7 Å². The summed E-state index contributed by atoms with van der Waals surface area (Å²) in [6.07, 6.45) is 6.94. The number of rotatable bonds is 1. The van der Waals surface area contributed by atoms with Gasteiger partial charge in [-0.15, -0.1) is 0 Å². The lowest BCUT2D eigenvalue weighted by Crippen LogP contribution is -1.82. The molecule has 0 spiro atoms. The smallest absolute Gasteiger partial charge is 0.0575 e. The third kappa shape index (κ3) is 1.29. The van der Waals surface area contributed by atoms with Crippen LogP contribution in [0, 0.1) is 0 Å². The van der Waals surface area contributed by atoms with Gasteiger partial charge in [0.15, 0.2) is 0 Å². The van der Waals surface area contributed by atoms with E-state index in [1.54, 1.807) is 24.8 Å². The number of aromatic nitrogens is 3. The van der Waals surface area contributed by atoms with Gasteiger partial charge in [-0.1, -0.05) is 6.07 Å². The molecule has 0 aliphatic rings. The van der Waals surface area contributed by atoms with Gasteiger partial charge < -0.3 is 0 Å². The number of hydrogen-bond acceptors (Lipinski definition) is 3. The van der Waals surface area contributed by atoms with Crippen molar-refractivity contribution < 1.29 is 0 Å². The molecular weight excluding hydrogens is 150 g/mol. The molecule has 0 saturated carbocycles. The minimum atomic E-state index is 1.04. The Bertz CT molecular complexity index is 307. The van der Waals surface area contributed by atoms with Crippen LogP contribution in [0.15, 0.2) is 43.0 Å². The van der Waals surface area contributed by atoms with Crippen LogP contribution in [0.3, 0.4) is 0 Å². The Kier molecular flexibility index (Phi) is 1.78. The van der Waals surface area contributed by atoms with Crippen molar-refractivity contribution in [3.63, 3.8) is 0 Å². The second-order valence-electron chi connectivity index (χ2n) is 2.37. The fraction of sp³-hybridized carbons (Fsp3) is 0. The van der Waals surface area contributed by atoms with Crippen LogP contribution in [0.4, 0.5) is 0 Å². The normalized spacial score (nSPS) is 9.67. The molecule has 0 aliphatic heterocycles. The molecule has 0 bridgehead atoms. The van der Waals surface area contributed by atoms with Crippen LogP contribution in [-0.2, 0) is 0 Å². The number of pyridine rings is 1. The van der Waals surface area contributed by atoms with E-state index in [1.165, 1.54) is 0 Å². The van der Waals surface area contributed by atoms with Gasteiger partial charge in [-0.3, -0.25) is 4.98 Å². The summed E-state index contributed by atoms with van der Waals surface area (Å²) in [4.78, 5) is 4.01. The van der Waals surface area contributed by atoms with E-state index in [2.05, 4.69) is 15.2 Å². The van der Waals surface area contributed by atoms with Crippen molar-refractivity contribution in [1.82, 2.24) is 15.2 Å². The third-order valence-corrected chi connectivity index (χ3v) is 1.58. The predicted molar refractivity (Wildman–Crippen MR) is 45.3 cm³/mol. The van der Waals surface area contributed by atoms with E-state index in [1.807, 2.05) is 18.2 Å². The zero-order valence-corrected chi connectivity index (χ0v) is 6.38. The van der Waals surface area contributed by atoms with Gasteiger partial charge in [-0.25, -0.2) is 0 Å². The van der Waals surface area contributed by atoms with Gasteiger partial charge in [0.05, 0.1) is 12.4 Å². The standard InChI is InChI=1S/C9H7N3/c1-2-8(6-10-4-1)9-3-5-11-12-7-9/h1-7H. The Labute approximate surface area is 70.1 Å². The lowest BCUT2D eigenvalue weighted by atomic mass is 10.1. The van der Waals surface area contributed by atoms with E-state index in [0.717, 1.165) is 11.1 Å². The van der Waals surface area contributed by atoms with Crippen LogP contribution in [0.2, 0.25) is 0 Å². The Morgan fingerprint density at radius 3 is 2.42 bits per heavy atom. The largest absolute Gasteiger partial charge is 0.264 e. The zero-order valence-electron chi connectivity index (χ0n) is 6.38. The van der Waals surface area contributed by atoms with Crippen molar-refractivity contribution in [1.29, 1.82) is 0 Å². The molecule has 2 aromatic rings. The molecule has 0 fully saturated rings. The first-order valence-corrected chi connectivity index (χ1v) is 3.64. The van der Waals surface area contributed by atoms with Gasteiger partial charge in [-0.05, 0) is 12.1 Å². The van der Waals surface area contributed by atoms with Gasteiger partial charge in [0, 0.05) is 23.5 Å². The summed E-state index contributed by atoms with van der Waals surface area (Å²) in [5.74, 6) is 0. The molecule has 2 heterocycles. The summed E-state index contributed by atoms with van der Waals surface area (Å²) in [5, 5.41) is 7.48. The lowest BCUT2D eigenvalue weighted by Gasteiger charge is -1.96. The summed E-state index contributed by atoms with van der Waals surface area (Å²) < 4.78 is 0. The highest BCUT2D eigenvalue weighted by Crippen LogP contribution is 2.14. The minimum absolute atomic E-state index is 1.04. The van der Waals surface area contributed by atoms with Crippen molar-refractivity contribution in [3.8, 4) is 11.1 Å². The van der Waals surface area contributed by atoms with E-state index < -0.39 is 0 Å². The molecule has 0 unspecified atom stereocenters. The molecule has 3 nitrogen and oxygen atoms in total. The quantitative estimate of drug-likeness (QED) is 0.630. The van der Waals surface area contributed by atoms with Crippen LogP contribution >= 0.6 is 0 Å². The van der Waals surface area contributed by atoms with E-state index in [0.29, 0.717) is 0 Å². The van der Waals surface area contributed by atoms with E-state index in [-0.39, 0.29) is 0 Å². The molecule has 0 amide bonds. The molecule has 0 radical (unpaired) electrons. The van der Waals surface area contributed by atoms with Gasteiger partial charge in [0.2, 0.25) is 0 Å². The molecule has 0 aliphatic carbocycles. The van der Waals surface area contributed by atoms with E-state index >= 15 is 0 Å². The molecule has 2 rings (SSSR count). The molecule has 12 heavy (non-hydrogen) atoms. The first-order chi connectivity index (χ1) is 5.97. The molecule has 0 N–H and O–H groups in total. The first-order valence-electron chi connectivity index (χ1n) is 3.64. The molecule has 58 valence electrons. The Morgan fingerprint density at radius 1 is 0.833 bits per heavy atom. The minimum Gasteiger partial charge on any atom is -0.264 e. The summed E-state index contributed by atoms with van der Waals surface area (Å²) >= 11 is 0. The van der Waals surface area contributed by atoms with Crippen molar-refractivity contribution in [3.05, 3.63) is 43.0 Å². The Hall–Kier alpha value is -1.77. The average Bonchev–Trinajstić information content (AvgIpc) is 2.21. The van der Waals surface area contributed by atoms with Crippen LogP contribution in [0.25, 0.3) is 11.1 Å². The molecular formula is C9H7N3. The van der Waals surface area contributed by atoms with Crippen LogP contribution < -0.4 is 0 Å². The van der Waals surface area contributed by atoms with Crippen LogP contribution in [0.1, 0.15) is 0 Å². The number of nitrogens with zero attached hydrogens (tertiary/aromatic N) is 3. The molecule has 0 atom stereocenters. The van der Waals surface area contributed by atoms with E-state index in [4.69, 9.17) is 0 Å². The molecule has 3 heteroatoms. The molecule has 0 saturated heterocycles. The Balaban J connectivity index is 2.46. The maximum atomic E-state index is 4.01. The highest BCUT2D eigenvalue weighted by molar-refractivity contribution is 5.60. The zero-order chi connectivity index (χ0) is 8.23. The number of hydrogen-bond donors (Lipinski definition) is 0. The van der Waals surface area contributed by atoms with Crippen molar-refractivity contribution in [2.75, 3.05) is 0 Å². The average molecular weight is 157 g/mol. The SMILES string of the molecule is c1cncc(-c2ccnnc2)c1. The fourth-order valence-electron chi connectivity index (χ4n) is 0.995. The summed E-state index contributed by atoms with van der Waals surface area (Å²) in [5.41, 5.74) is 2.10. The third-order valence-electron chi connectivity index (χ3n) is 1.58. The van der Waals surface area contributed by atoms with Gasteiger partial charge in [-0.2, -0.15) is 10.2 Å². The first kappa shape index (κ1) is 6.91. The van der Waals surface area contributed by atoms with Gasteiger partial charge >= 0.3 is 0 Å².